The third kappa shape index (κ3) is 7.06. The molecule has 0 aliphatic carbocycles. The summed E-state index contributed by atoms with van der Waals surface area (Å²) >= 11 is 0. The van der Waals surface area contributed by atoms with Crippen LogP contribution < -0.4 is 19.5 Å². The van der Waals surface area contributed by atoms with Crippen molar-refractivity contribution in [3.63, 3.8) is 0 Å². The standard InChI is InChI=1S/C28H31N3O7S/c1-30(39(3,34)35)18-26(32)31(17-20-9-12-23(36-2)13-10-20)27(22-7-5-4-6-8-22)28(33)29-16-21-11-14-24-25(15-21)38-19-37-24/h4-15,27H,16-19H2,1-3H3,(H,29,33)/t27-/m1/s1. The Morgan fingerprint density at radius 1 is 0.974 bits per heavy atom. The van der Waals surface area contributed by atoms with Gasteiger partial charge in [-0.2, -0.15) is 4.31 Å². The lowest BCUT2D eigenvalue weighted by Gasteiger charge is -2.32. The highest BCUT2D eigenvalue weighted by Gasteiger charge is 2.33. The minimum absolute atomic E-state index is 0.0669. The molecule has 3 aromatic rings. The van der Waals surface area contributed by atoms with Gasteiger partial charge in [0.05, 0.1) is 19.9 Å². The van der Waals surface area contributed by atoms with Crippen molar-refractivity contribution in [1.29, 1.82) is 0 Å². The molecule has 1 aliphatic heterocycles. The molecule has 0 fully saturated rings. The average Bonchev–Trinajstić information content (AvgIpc) is 3.40. The van der Waals surface area contributed by atoms with E-state index in [4.69, 9.17) is 14.2 Å². The Bertz CT molecular complexity index is 1410. The minimum Gasteiger partial charge on any atom is -0.497 e. The van der Waals surface area contributed by atoms with Crippen LogP contribution >= 0.6 is 0 Å². The van der Waals surface area contributed by atoms with Gasteiger partial charge in [-0.1, -0.05) is 48.5 Å². The number of carbonyl (C=O) groups excluding carboxylic acids is 2. The Kier molecular flexibility index (Phi) is 8.72. The third-order valence-electron chi connectivity index (χ3n) is 6.34. The summed E-state index contributed by atoms with van der Waals surface area (Å²) in [5.41, 5.74) is 2.13. The van der Waals surface area contributed by atoms with Gasteiger partial charge in [-0.25, -0.2) is 8.42 Å². The van der Waals surface area contributed by atoms with Gasteiger partial charge in [0, 0.05) is 20.1 Å². The van der Waals surface area contributed by atoms with Crippen molar-refractivity contribution >= 4 is 21.8 Å². The highest BCUT2D eigenvalue weighted by atomic mass is 32.2. The van der Waals surface area contributed by atoms with E-state index >= 15 is 0 Å². The molecule has 0 saturated heterocycles. The van der Waals surface area contributed by atoms with Crippen molar-refractivity contribution in [2.24, 2.45) is 0 Å². The molecule has 0 spiro atoms. The lowest BCUT2D eigenvalue weighted by molar-refractivity contribution is -0.141. The van der Waals surface area contributed by atoms with Crippen molar-refractivity contribution in [3.8, 4) is 17.2 Å². The van der Waals surface area contributed by atoms with Crippen molar-refractivity contribution in [2.45, 2.75) is 19.1 Å². The maximum absolute atomic E-state index is 13.8. The number of methoxy groups -OCH3 is 1. The molecule has 1 atom stereocenters. The molecular formula is C28H31N3O7S. The monoisotopic (exact) mass is 553 g/mol. The molecule has 0 radical (unpaired) electrons. The number of fused-ring (bicyclic) bond motifs is 1. The molecule has 0 unspecified atom stereocenters. The summed E-state index contributed by atoms with van der Waals surface area (Å²) < 4.78 is 41.1. The van der Waals surface area contributed by atoms with Crippen LogP contribution in [-0.4, -0.2) is 63.2 Å². The van der Waals surface area contributed by atoms with Crippen LogP contribution in [0.15, 0.2) is 72.8 Å². The predicted molar refractivity (Wildman–Crippen MR) is 145 cm³/mol. The van der Waals surface area contributed by atoms with Crippen LogP contribution in [0.1, 0.15) is 22.7 Å². The van der Waals surface area contributed by atoms with E-state index < -0.39 is 34.4 Å². The molecule has 0 bridgehead atoms. The van der Waals surface area contributed by atoms with Crippen molar-refractivity contribution in [3.05, 3.63) is 89.5 Å². The number of nitrogens with zero attached hydrogens (tertiary/aromatic N) is 2. The van der Waals surface area contributed by atoms with Gasteiger partial charge in [-0.3, -0.25) is 9.59 Å². The molecule has 11 heteroatoms. The Hall–Kier alpha value is -4.09. The molecule has 2 amide bonds. The fourth-order valence-electron chi connectivity index (χ4n) is 4.09. The second kappa shape index (κ2) is 12.2. The van der Waals surface area contributed by atoms with Crippen LogP contribution in [0.5, 0.6) is 17.2 Å². The zero-order valence-electron chi connectivity index (χ0n) is 22.0. The van der Waals surface area contributed by atoms with E-state index in [0.29, 0.717) is 22.8 Å². The number of hydrogen-bond acceptors (Lipinski definition) is 7. The maximum atomic E-state index is 13.8. The van der Waals surface area contributed by atoms with E-state index in [1.54, 1.807) is 67.8 Å². The van der Waals surface area contributed by atoms with Crippen molar-refractivity contribution in [1.82, 2.24) is 14.5 Å². The molecule has 0 aromatic heterocycles. The number of sulfonamides is 1. The topological polar surface area (TPSA) is 114 Å². The first-order valence-corrected chi connectivity index (χ1v) is 14.1. The van der Waals surface area contributed by atoms with Crippen LogP contribution in [0.2, 0.25) is 0 Å². The Balaban J connectivity index is 1.65. The van der Waals surface area contributed by atoms with Gasteiger partial charge >= 0.3 is 0 Å². The second-order valence-electron chi connectivity index (χ2n) is 9.11. The summed E-state index contributed by atoms with van der Waals surface area (Å²) in [5, 5.41) is 2.93. The van der Waals surface area contributed by atoms with E-state index in [0.717, 1.165) is 21.7 Å². The quantitative estimate of drug-likeness (QED) is 0.388. The maximum Gasteiger partial charge on any atom is 0.247 e. The summed E-state index contributed by atoms with van der Waals surface area (Å²) in [6, 6.07) is 20.4. The molecule has 10 nitrogen and oxygen atoms in total. The molecule has 1 heterocycles. The first-order valence-electron chi connectivity index (χ1n) is 12.2. The summed E-state index contributed by atoms with van der Waals surface area (Å²) in [5.74, 6) is 0.947. The summed E-state index contributed by atoms with van der Waals surface area (Å²) in [7, 11) is -0.742. The zero-order valence-corrected chi connectivity index (χ0v) is 22.8. The Labute approximate surface area is 228 Å². The van der Waals surface area contributed by atoms with E-state index in [1.807, 2.05) is 12.1 Å². The number of hydrogen-bond donors (Lipinski definition) is 1. The second-order valence-corrected chi connectivity index (χ2v) is 11.2. The van der Waals surface area contributed by atoms with E-state index in [-0.39, 0.29) is 19.9 Å². The van der Waals surface area contributed by atoms with E-state index in [9.17, 15) is 18.0 Å². The molecule has 4 rings (SSSR count). The van der Waals surface area contributed by atoms with Gasteiger partial charge < -0.3 is 24.4 Å². The number of nitrogens with one attached hydrogen (secondary N) is 1. The molecule has 3 aromatic carbocycles. The zero-order chi connectivity index (χ0) is 28.0. The number of rotatable bonds is 11. The lowest BCUT2D eigenvalue weighted by atomic mass is 10.0. The molecule has 206 valence electrons. The van der Waals surface area contributed by atoms with E-state index in [1.165, 1.54) is 11.9 Å². The normalized spacial score (nSPS) is 13.1. The van der Waals surface area contributed by atoms with Gasteiger partial charge in [0.2, 0.25) is 28.6 Å². The van der Waals surface area contributed by atoms with Crippen LogP contribution in [0.25, 0.3) is 0 Å². The number of amides is 2. The number of ether oxygens (including phenoxy) is 3. The molecular weight excluding hydrogens is 522 g/mol. The predicted octanol–water partition coefficient (Wildman–Crippen LogP) is 2.70. The van der Waals surface area contributed by atoms with Crippen LogP contribution in [0.4, 0.5) is 0 Å². The largest absolute Gasteiger partial charge is 0.497 e. The average molecular weight is 554 g/mol. The summed E-state index contributed by atoms with van der Waals surface area (Å²) in [6.45, 7) is -0.0244. The van der Waals surface area contributed by atoms with Gasteiger partial charge in [0.15, 0.2) is 11.5 Å². The van der Waals surface area contributed by atoms with Crippen molar-refractivity contribution in [2.75, 3.05) is 33.8 Å². The van der Waals surface area contributed by atoms with Gasteiger partial charge in [-0.15, -0.1) is 0 Å². The summed E-state index contributed by atoms with van der Waals surface area (Å²) in [6.07, 6.45) is 1.03. The number of benzene rings is 3. The van der Waals surface area contributed by atoms with Crippen molar-refractivity contribution < 1.29 is 32.2 Å². The molecule has 0 saturated carbocycles. The Morgan fingerprint density at radius 2 is 1.64 bits per heavy atom. The van der Waals surface area contributed by atoms with Gasteiger partial charge in [-0.05, 0) is 41.0 Å². The van der Waals surface area contributed by atoms with Gasteiger partial charge in [0.1, 0.15) is 11.8 Å². The van der Waals surface area contributed by atoms with Gasteiger partial charge in [0.25, 0.3) is 0 Å². The van der Waals surface area contributed by atoms with Crippen LogP contribution in [0.3, 0.4) is 0 Å². The molecule has 1 N–H and O–H groups in total. The summed E-state index contributed by atoms with van der Waals surface area (Å²) in [4.78, 5) is 28.8. The first-order chi connectivity index (χ1) is 18.7. The number of carbonyl (C=O) groups is 2. The van der Waals surface area contributed by atoms with Crippen LogP contribution in [0, 0.1) is 0 Å². The number of likely N-dealkylation sites (N-methyl/N-ethyl adjacent to an activating group) is 1. The fraction of sp³-hybridized carbons (Fsp3) is 0.286. The molecule has 1 aliphatic rings. The smallest absolute Gasteiger partial charge is 0.247 e. The van der Waals surface area contributed by atoms with E-state index in [2.05, 4.69) is 5.32 Å². The minimum atomic E-state index is -3.63. The highest BCUT2D eigenvalue weighted by molar-refractivity contribution is 7.88. The first kappa shape index (κ1) is 27.9. The molecule has 39 heavy (non-hydrogen) atoms. The Morgan fingerprint density at radius 3 is 2.31 bits per heavy atom. The SMILES string of the molecule is COc1ccc(CN(C(=O)CN(C)S(C)(=O)=O)[C@@H](C(=O)NCc2ccc3c(c2)OCO3)c2ccccc2)cc1. The lowest BCUT2D eigenvalue weighted by Crippen LogP contribution is -2.47. The highest BCUT2D eigenvalue weighted by Crippen LogP contribution is 2.32. The fourth-order valence-corrected chi connectivity index (χ4v) is 4.44. The third-order valence-corrected chi connectivity index (χ3v) is 7.60. The van der Waals surface area contributed by atoms with Crippen LogP contribution in [-0.2, 0) is 32.7 Å².